The lowest BCUT2D eigenvalue weighted by atomic mass is 10.4. The highest BCUT2D eigenvalue weighted by Gasteiger charge is 2.15. The molecule has 1 amide bonds. The van der Waals surface area contributed by atoms with E-state index in [0.29, 0.717) is 26.3 Å². The predicted octanol–water partition coefficient (Wildman–Crippen LogP) is -1.71. The molecule has 7 nitrogen and oxygen atoms in total. The summed E-state index contributed by atoms with van der Waals surface area (Å²) < 4.78 is 29.0. The summed E-state index contributed by atoms with van der Waals surface area (Å²) in [5.74, 6) is -0.137. The van der Waals surface area contributed by atoms with Crippen molar-refractivity contribution in [2.45, 2.75) is 6.42 Å². The molecule has 1 aliphatic heterocycles. The van der Waals surface area contributed by atoms with E-state index in [1.807, 2.05) is 0 Å². The largest absolute Gasteiger partial charge is 0.378 e. The third-order valence-corrected chi connectivity index (χ3v) is 2.74. The van der Waals surface area contributed by atoms with Crippen molar-refractivity contribution in [2.75, 3.05) is 39.1 Å². The highest BCUT2D eigenvalue weighted by atomic mass is 32.2. The van der Waals surface area contributed by atoms with Gasteiger partial charge < -0.3 is 4.74 Å². The van der Waals surface area contributed by atoms with Crippen molar-refractivity contribution in [3.8, 4) is 0 Å². The molecule has 0 aromatic carbocycles. The van der Waals surface area contributed by atoms with Crippen LogP contribution in [-0.2, 0) is 19.6 Å². The second-order valence-corrected chi connectivity index (χ2v) is 5.32. The van der Waals surface area contributed by atoms with E-state index in [2.05, 4.69) is 10.1 Å². The molecule has 0 atom stereocenters. The van der Waals surface area contributed by atoms with Crippen LogP contribution in [0.5, 0.6) is 0 Å². The van der Waals surface area contributed by atoms with Crippen molar-refractivity contribution in [1.82, 2.24) is 15.2 Å². The Morgan fingerprint density at radius 3 is 2.94 bits per heavy atom. The summed E-state index contributed by atoms with van der Waals surface area (Å²) in [7, 11) is -3.22. The minimum Gasteiger partial charge on any atom is -0.378 e. The Labute approximate surface area is 95.2 Å². The summed E-state index contributed by atoms with van der Waals surface area (Å²) in [6.07, 6.45) is 1.20. The van der Waals surface area contributed by atoms with Gasteiger partial charge in [-0.3, -0.25) is 9.80 Å². The summed E-state index contributed by atoms with van der Waals surface area (Å²) in [4.78, 5) is 11.6. The van der Waals surface area contributed by atoms with Crippen LogP contribution in [0.3, 0.4) is 0 Å². The van der Waals surface area contributed by atoms with Crippen molar-refractivity contribution in [3.05, 3.63) is 0 Å². The van der Waals surface area contributed by atoms with Crippen LogP contribution in [0.2, 0.25) is 0 Å². The van der Waals surface area contributed by atoms with Gasteiger partial charge in [0.25, 0.3) is 0 Å². The third kappa shape index (κ3) is 5.40. The molecular formula is C8H17N3O4S. The van der Waals surface area contributed by atoms with Crippen LogP contribution in [0.15, 0.2) is 0 Å². The molecule has 0 bridgehead atoms. The number of hydrogen-bond acceptors (Lipinski definition) is 5. The van der Waals surface area contributed by atoms with E-state index in [9.17, 15) is 13.2 Å². The summed E-state index contributed by atoms with van der Waals surface area (Å²) in [6, 6.07) is 0. The standard InChI is InChI=1S/C8H17N3O4S/c1-16(13,14)10-3-2-8(12)11-5-7-15-6-4-9-11/h9-10H,2-7H2,1H3. The van der Waals surface area contributed by atoms with Gasteiger partial charge in [-0.05, 0) is 0 Å². The molecule has 0 spiro atoms. The third-order valence-electron chi connectivity index (χ3n) is 2.01. The number of ether oxygens (including phenoxy) is 1. The van der Waals surface area contributed by atoms with Crippen LogP contribution >= 0.6 is 0 Å². The molecule has 0 unspecified atom stereocenters. The lowest BCUT2D eigenvalue weighted by Crippen LogP contribution is -2.44. The van der Waals surface area contributed by atoms with E-state index >= 15 is 0 Å². The van der Waals surface area contributed by atoms with Crippen LogP contribution < -0.4 is 10.1 Å². The summed E-state index contributed by atoms with van der Waals surface area (Å²) >= 11 is 0. The van der Waals surface area contributed by atoms with E-state index in [-0.39, 0.29) is 18.9 Å². The van der Waals surface area contributed by atoms with E-state index in [1.165, 1.54) is 5.01 Å². The number of amides is 1. The van der Waals surface area contributed by atoms with Gasteiger partial charge in [0.05, 0.1) is 26.0 Å². The normalized spacial score (nSPS) is 18.2. The number of nitrogens with one attached hydrogen (secondary N) is 2. The fourth-order valence-corrected chi connectivity index (χ4v) is 1.75. The fourth-order valence-electron chi connectivity index (χ4n) is 1.28. The first kappa shape index (κ1) is 13.4. The van der Waals surface area contributed by atoms with Crippen molar-refractivity contribution in [2.24, 2.45) is 0 Å². The number of hydrazine groups is 1. The second-order valence-electron chi connectivity index (χ2n) is 3.48. The molecule has 0 aromatic rings. The number of hydrogen-bond donors (Lipinski definition) is 2. The lowest BCUT2D eigenvalue weighted by Gasteiger charge is -2.20. The van der Waals surface area contributed by atoms with E-state index < -0.39 is 10.0 Å². The summed E-state index contributed by atoms with van der Waals surface area (Å²) in [5.41, 5.74) is 2.91. The van der Waals surface area contributed by atoms with Crippen LogP contribution in [0.1, 0.15) is 6.42 Å². The Bertz CT molecular complexity index is 322. The molecule has 1 rings (SSSR count). The molecule has 0 radical (unpaired) electrons. The van der Waals surface area contributed by atoms with Crippen LogP contribution in [-0.4, -0.2) is 58.4 Å². The van der Waals surface area contributed by atoms with Crippen molar-refractivity contribution >= 4 is 15.9 Å². The highest BCUT2D eigenvalue weighted by Crippen LogP contribution is 1.94. The maximum Gasteiger partial charge on any atom is 0.238 e. The van der Waals surface area contributed by atoms with E-state index in [0.717, 1.165) is 6.26 Å². The molecule has 0 saturated carbocycles. The second kappa shape index (κ2) is 6.14. The monoisotopic (exact) mass is 251 g/mol. The molecule has 0 aromatic heterocycles. The molecule has 0 aliphatic carbocycles. The Morgan fingerprint density at radius 1 is 1.50 bits per heavy atom. The number of carbonyl (C=O) groups excluding carboxylic acids is 1. The fraction of sp³-hybridized carbons (Fsp3) is 0.875. The molecule has 8 heteroatoms. The average molecular weight is 251 g/mol. The molecular weight excluding hydrogens is 234 g/mol. The molecule has 1 saturated heterocycles. The van der Waals surface area contributed by atoms with E-state index in [1.54, 1.807) is 0 Å². The maximum absolute atomic E-state index is 11.6. The first-order chi connectivity index (χ1) is 7.49. The Morgan fingerprint density at radius 2 is 2.25 bits per heavy atom. The Balaban J connectivity index is 2.28. The average Bonchev–Trinajstić information content (AvgIpc) is 2.43. The zero-order valence-electron chi connectivity index (χ0n) is 9.23. The predicted molar refractivity (Wildman–Crippen MR) is 58.0 cm³/mol. The minimum absolute atomic E-state index is 0.122. The summed E-state index contributed by atoms with van der Waals surface area (Å²) in [6.45, 7) is 2.27. The van der Waals surface area contributed by atoms with Gasteiger partial charge in [0.15, 0.2) is 0 Å². The van der Waals surface area contributed by atoms with Gasteiger partial charge in [0, 0.05) is 19.5 Å². The molecule has 1 fully saturated rings. The minimum atomic E-state index is -3.22. The topological polar surface area (TPSA) is 87.7 Å². The Hall–Kier alpha value is -0.700. The zero-order valence-corrected chi connectivity index (χ0v) is 10.0. The van der Waals surface area contributed by atoms with Crippen molar-refractivity contribution < 1.29 is 17.9 Å². The van der Waals surface area contributed by atoms with Gasteiger partial charge in [0.1, 0.15) is 0 Å². The molecule has 1 heterocycles. The Kier molecular flexibility index (Phi) is 5.13. The maximum atomic E-state index is 11.6. The first-order valence-electron chi connectivity index (χ1n) is 5.05. The van der Waals surface area contributed by atoms with Gasteiger partial charge >= 0.3 is 0 Å². The summed E-state index contributed by atoms with van der Waals surface area (Å²) in [5, 5.41) is 1.47. The molecule has 94 valence electrons. The van der Waals surface area contributed by atoms with Gasteiger partial charge in [-0.25, -0.2) is 18.6 Å². The number of nitrogens with zero attached hydrogens (tertiary/aromatic N) is 1. The molecule has 2 N–H and O–H groups in total. The van der Waals surface area contributed by atoms with E-state index in [4.69, 9.17) is 4.74 Å². The van der Waals surface area contributed by atoms with Crippen molar-refractivity contribution in [1.29, 1.82) is 0 Å². The van der Waals surface area contributed by atoms with Crippen LogP contribution in [0.25, 0.3) is 0 Å². The zero-order chi connectivity index (χ0) is 12.0. The smallest absolute Gasteiger partial charge is 0.238 e. The van der Waals surface area contributed by atoms with Crippen LogP contribution in [0, 0.1) is 0 Å². The lowest BCUT2D eigenvalue weighted by molar-refractivity contribution is -0.134. The van der Waals surface area contributed by atoms with Gasteiger partial charge in [-0.2, -0.15) is 0 Å². The van der Waals surface area contributed by atoms with Gasteiger partial charge in [-0.1, -0.05) is 0 Å². The van der Waals surface area contributed by atoms with Gasteiger partial charge in [0.2, 0.25) is 15.9 Å². The SMILES string of the molecule is CS(=O)(=O)NCCC(=O)N1CCOCCN1. The van der Waals surface area contributed by atoms with Gasteiger partial charge in [-0.15, -0.1) is 0 Å². The highest BCUT2D eigenvalue weighted by molar-refractivity contribution is 7.88. The molecule has 1 aliphatic rings. The van der Waals surface area contributed by atoms with Crippen molar-refractivity contribution in [3.63, 3.8) is 0 Å². The number of rotatable bonds is 4. The first-order valence-corrected chi connectivity index (χ1v) is 6.94. The number of sulfonamides is 1. The quantitative estimate of drug-likeness (QED) is 0.621. The van der Waals surface area contributed by atoms with Crippen LogP contribution in [0.4, 0.5) is 0 Å². The number of carbonyl (C=O) groups is 1. The molecule has 16 heavy (non-hydrogen) atoms.